The van der Waals surface area contributed by atoms with Gasteiger partial charge in [-0.25, -0.2) is 4.79 Å². The minimum atomic E-state index is -0.634. The van der Waals surface area contributed by atoms with E-state index >= 15 is 0 Å². The van der Waals surface area contributed by atoms with E-state index in [0.29, 0.717) is 29.9 Å². The Morgan fingerprint density at radius 2 is 2.00 bits per heavy atom. The van der Waals surface area contributed by atoms with E-state index in [0.717, 1.165) is 5.56 Å². The summed E-state index contributed by atoms with van der Waals surface area (Å²) in [5.74, 6) is -0.150. The summed E-state index contributed by atoms with van der Waals surface area (Å²) in [7, 11) is 2.84. The normalized spacial score (nSPS) is 21.8. The summed E-state index contributed by atoms with van der Waals surface area (Å²) in [6.07, 6.45) is 0.952. The largest absolute Gasteiger partial charge is 0.497 e. The molecular weight excluding hydrogens is 334 g/mol. The van der Waals surface area contributed by atoms with E-state index in [1.807, 2.05) is 26.0 Å². The van der Waals surface area contributed by atoms with Crippen LogP contribution in [0, 0.1) is 5.41 Å². The van der Waals surface area contributed by atoms with E-state index in [2.05, 4.69) is 0 Å². The van der Waals surface area contributed by atoms with Gasteiger partial charge < -0.3 is 19.9 Å². The molecule has 0 unspecified atom stereocenters. The lowest BCUT2D eigenvalue weighted by molar-refractivity contribution is -0.136. The quantitative estimate of drug-likeness (QED) is 0.837. The molecule has 0 saturated heterocycles. The highest BCUT2D eigenvalue weighted by Crippen LogP contribution is 2.48. The lowest BCUT2D eigenvalue weighted by Gasteiger charge is -2.37. The van der Waals surface area contributed by atoms with Crippen molar-refractivity contribution in [3.63, 3.8) is 0 Å². The molecular formula is C20H23NO5. The van der Waals surface area contributed by atoms with Crippen molar-refractivity contribution in [1.82, 2.24) is 0 Å². The van der Waals surface area contributed by atoms with Gasteiger partial charge in [0, 0.05) is 18.4 Å². The van der Waals surface area contributed by atoms with Gasteiger partial charge in [0.1, 0.15) is 17.1 Å². The Kier molecular flexibility index (Phi) is 4.52. The van der Waals surface area contributed by atoms with E-state index in [-0.39, 0.29) is 22.7 Å². The summed E-state index contributed by atoms with van der Waals surface area (Å²) in [6, 6.07) is 7.25. The number of ketones is 1. The van der Waals surface area contributed by atoms with Crippen LogP contribution in [0.25, 0.3) is 0 Å². The van der Waals surface area contributed by atoms with E-state index < -0.39 is 11.9 Å². The monoisotopic (exact) mass is 357 g/mol. The minimum Gasteiger partial charge on any atom is -0.497 e. The third-order valence-electron chi connectivity index (χ3n) is 4.79. The van der Waals surface area contributed by atoms with E-state index in [9.17, 15) is 9.59 Å². The van der Waals surface area contributed by atoms with Gasteiger partial charge in [0.05, 0.1) is 20.1 Å². The minimum absolute atomic E-state index is 0.0195. The number of ether oxygens (including phenoxy) is 3. The number of Topliss-reactive ketones (excluding diaryl/α,β-unsaturated/α-hetero) is 1. The van der Waals surface area contributed by atoms with Crippen LogP contribution in [0.3, 0.4) is 0 Å². The number of rotatable bonds is 3. The molecule has 6 nitrogen and oxygen atoms in total. The van der Waals surface area contributed by atoms with Gasteiger partial charge in [-0.2, -0.15) is 0 Å². The van der Waals surface area contributed by atoms with E-state index in [1.165, 1.54) is 7.11 Å². The maximum Gasteiger partial charge on any atom is 0.340 e. The molecule has 6 heteroatoms. The standard InChI is InChI=1S/C20H23NO5/c1-20(2)9-13(22)16-14(10-20)26-18(21)17(19(23)25-4)15(16)11-6-5-7-12(8-11)24-3/h5-8,15H,9-10,21H2,1-4H3/t15-/m0/s1. The highest BCUT2D eigenvalue weighted by atomic mass is 16.5. The second kappa shape index (κ2) is 6.52. The average molecular weight is 357 g/mol. The van der Waals surface area contributed by atoms with Crippen LogP contribution in [0.5, 0.6) is 5.75 Å². The summed E-state index contributed by atoms with van der Waals surface area (Å²) in [5.41, 5.74) is 7.21. The van der Waals surface area contributed by atoms with Crippen LogP contribution in [0.15, 0.2) is 47.1 Å². The van der Waals surface area contributed by atoms with Crippen molar-refractivity contribution in [2.75, 3.05) is 14.2 Å². The first-order valence-electron chi connectivity index (χ1n) is 8.43. The Labute approximate surface area is 152 Å². The molecule has 0 amide bonds. The van der Waals surface area contributed by atoms with Crippen LogP contribution in [0.4, 0.5) is 0 Å². The average Bonchev–Trinajstić information content (AvgIpc) is 2.58. The van der Waals surface area contributed by atoms with Crippen LogP contribution in [-0.4, -0.2) is 26.0 Å². The third-order valence-corrected chi connectivity index (χ3v) is 4.79. The van der Waals surface area contributed by atoms with Gasteiger partial charge in [-0.05, 0) is 23.1 Å². The predicted octanol–water partition coefficient (Wildman–Crippen LogP) is 2.80. The molecule has 1 aromatic carbocycles. The fourth-order valence-corrected chi connectivity index (χ4v) is 3.65. The Balaban J connectivity index is 2.21. The zero-order valence-corrected chi connectivity index (χ0v) is 15.4. The number of methoxy groups -OCH3 is 2. The summed E-state index contributed by atoms with van der Waals surface area (Å²) < 4.78 is 15.9. The predicted molar refractivity (Wildman–Crippen MR) is 95.1 cm³/mol. The molecule has 1 aromatic rings. The first-order chi connectivity index (χ1) is 12.3. The molecule has 0 bridgehead atoms. The smallest absolute Gasteiger partial charge is 0.340 e. The second-order valence-electron chi connectivity index (χ2n) is 7.36. The van der Waals surface area contributed by atoms with Crippen LogP contribution in [-0.2, 0) is 19.1 Å². The molecule has 3 rings (SSSR count). The molecule has 0 aromatic heterocycles. The molecule has 1 aliphatic heterocycles. The molecule has 0 radical (unpaired) electrons. The van der Waals surface area contributed by atoms with Crippen molar-refractivity contribution in [2.24, 2.45) is 11.1 Å². The number of hydrogen-bond acceptors (Lipinski definition) is 6. The molecule has 26 heavy (non-hydrogen) atoms. The Bertz CT molecular complexity index is 834. The van der Waals surface area contributed by atoms with Crippen molar-refractivity contribution in [2.45, 2.75) is 32.6 Å². The number of carbonyl (C=O) groups is 2. The maximum atomic E-state index is 13.0. The molecule has 1 aliphatic carbocycles. The summed E-state index contributed by atoms with van der Waals surface area (Å²) >= 11 is 0. The van der Waals surface area contributed by atoms with Gasteiger partial charge in [0.25, 0.3) is 0 Å². The zero-order valence-electron chi connectivity index (χ0n) is 15.4. The van der Waals surface area contributed by atoms with Gasteiger partial charge in [-0.3, -0.25) is 4.79 Å². The molecule has 1 atom stereocenters. The lowest BCUT2D eigenvalue weighted by atomic mass is 9.70. The zero-order chi connectivity index (χ0) is 19.1. The van der Waals surface area contributed by atoms with Crippen LogP contribution in [0.2, 0.25) is 0 Å². The number of hydrogen-bond donors (Lipinski definition) is 1. The van der Waals surface area contributed by atoms with Crippen LogP contribution >= 0.6 is 0 Å². The van der Waals surface area contributed by atoms with Crippen molar-refractivity contribution in [3.05, 3.63) is 52.6 Å². The topological polar surface area (TPSA) is 87.9 Å². The lowest BCUT2D eigenvalue weighted by Crippen LogP contribution is -2.35. The first-order valence-corrected chi connectivity index (χ1v) is 8.43. The van der Waals surface area contributed by atoms with Crippen molar-refractivity contribution < 1.29 is 23.8 Å². The number of esters is 1. The van der Waals surface area contributed by atoms with Crippen LogP contribution < -0.4 is 10.5 Å². The molecule has 1 heterocycles. The van der Waals surface area contributed by atoms with Crippen molar-refractivity contribution in [1.29, 1.82) is 0 Å². The third kappa shape index (κ3) is 3.07. The van der Waals surface area contributed by atoms with Crippen LogP contribution in [0.1, 0.15) is 38.2 Å². The Hall–Kier alpha value is -2.76. The summed E-state index contributed by atoms with van der Waals surface area (Å²) in [4.78, 5) is 25.4. The first kappa shape index (κ1) is 18.0. The Morgan fingerprint density at radius 3 is 2.65 bits per heavy atom. The highest BCUT2D eigenvalue weighted by molar-refractivity contribution is 6.03. The number of carbonyl (C=O) groups excluding carboxylic acids is 2. The maximum absolute atomic E-state index is 13.0. The van der Waals surface area contributed by atoms with E-state index in [4.69, 9.17) is 19.9 Å². The Morgan fingerprint density at radius 1 is 1.27 bits per heavy atom. The number of benzene rings is 1. The summed E-state index contributed by atoms with van der Waals surface area (Å²) in [6.45, 7) is 4.02. The molecule has 2 N–H and O–H groups in total. The molecule has 0 fully saturated rings. The fraction of sp³-hybridized carbons (Fsp3) is 0.400. The van der Waals surface area contributed by atoms with Gasteiger partial charge in [-0.1, -0.05) is 26.0 Å². The van der Waals surface area contributed by atoms with Crippen molar-refractivity contribution >= 4 is 11.8 Å². The van der Waals surface area contributed by atoms with Gasteiger partial charge in [-0.15, -0.1) is 0 Å². The van der Waals surface area contributed by atoms with Gasteiger partial charge >= 0.3 is 5.97 Å². The van der Waals surface area contributed by atoms with Crippen molar-refractivity contribution in [3.8, 4) is 5.75 Å². The molecule has 0 spiro atoms. The second-order valence-corrected chi connectivity index (χ2v) is 7.36. The molecule has 0 saturated carbocycles. The molecule has 138 valence electrons. The SMILES string of the molecule is COC(=O)C1=C(N)OC2=C(C(=O)CC(C)(C)C2)[C@@H]1c1cccc(OC)c1. The van der Waals surface area contributed by atoms with Gasteiger partial charge in [0.2, 0.25) is 5.88 Å². The highest BCUT2D eigenvalue weighted by Gasteiger charge is 2.44. The number of allylic oxidation sites excluding steroid dienone is 2. The number of nitrogens with two attached hydrogens (primary N) is 1. The molecule has 2 aliphatic rings. The summed E-state index contributed by atoms with van der Waals surface area (Å²) in [5, 5.41) is 0. The fourth-order valence-electron chi connectivity index (χ4n) is 3.65. The van der Waals surface area contributed by atoms with E-state index in [1.54, 1.807) is 19.2 Å². The van der Waals surface area contributed by atoms with Gasteiger partial charge in [0.15, 0.2) is 5.78 Å².